The van der Waals surface area contributed by atoms with Crippen LogP contribution in [0.1, 0.15) is 27.2 Å². The lowest BCUT2D eigenvalue weighted by Gasteiger charge is -2.28. The Balaban J connectivity index is 1.16. The molecule has 2 aromatic heterocycles. The number of carbonyl (C=O) groups is 1. The summed E-state index contributed by atoms with van der Waals surface area (Å²) in [6.45, 7) is 6.19. The van der Waals surface area contributed by atoms with E-state index >= 15 is 0 Å². The van der Waals surface area contributed by atoms with E-state index in [1.54, 1.807) is 12.1 Å². The van der Waals surface area contributed by atoms with Crippen molar-refractivity contribution in [1.29, 1.82) is 0 Å². The number of hydrogen-bond donors (Lipinski definition) is 1. The molecule has 7 heteroatoms. The topological polar surface area (TPSA) is 68.1 Å². The molecule has 0 atom stereocenters. The molecule has 0 spiro atoms. The number of morpholine rings is 1. The van der Waals surface area contributed by atoms with Gasteiger partial charge in [0.15, 0.2) is 0 Å². The zero-order valence-electron chi connectivity index (χ0n) is 19.2. The molecular weight excluding hydrogens is 428 g/mol. The molecule has 5 rings (SSSR count). The van der Waals surface area contributed by atoms with Gasteiger partial charge in [-0.1, -0.05) is 24.3 Å². The minimum absolute atomic E-state index is 0.133. The highest BCUT2D eigenvalue weighted by Crippen LogP contribution is 2.18. The third kappa shape index (κ3) is 5.21. The maximum atomic E-state index is 12.7. The zero-order chi connectivity index (χ0) is 23.3. The minimum Gasteiger partial charge on any atom is -0.487 e. The summed E-state index contributed by atoms with van der Waals surface area (Å²) in [6, 6.07) is 19.6. The number of anilines is 1. The Morgan fingerprint density at radius 2 is 1.88 bits per heavy atom. The molecule has 174 valence electrons. The van der Waals surface area contributed by atoms with Crippen LogP contribution in [-0.2, 0) is 17.9 Å². The first-order valence-corrected chi connectivity index (χ1v) is 11.5. The maximum Gasteiger partial charge on any atom is 0.251 e. The van der Waals surface area contributed by atoms with Gasteiger partial charge in [-0.05, 0) is 54.4 Å². The number of pyridine rings is 1. The first-order valence-electron chi connectivity index (χ1n) is 11.5. The molecule has 0 saturated carbocycles. The summed E-state index contributed by atoms with van der Waals surface area (Å²) >= 11 is 0. The number of nitrogens with zero attached hydrogens (tertiary/aromatic N) is 3. The summed E-state index contributed by atoms with van der Waals surface area (Å²) in [5.41, 5.74) is 5.69. The molecule has 0 radical (unpaired) electrons. The summed E-state index contributed by atoms with van der Waals surface area (Å²) in [6.07, 6.45) is 4.00. The van der Waals surface area contributed by atoms with Gasteiger partial charge in [-0.3, -0.25) is 4.79 Å². The second-order valence-electron chi connectivity index (χ2n) is 8.47. The van der Waals surface area contributed by atoms with Crippen molar-refractivity contribution in [1.82, 2.24) is 14.7 Å². The lowest BCUT2D eigenvalue weighted by Crippen LogP contribution is -2.36. The fourth-order valence-corrected chi connectivity index (χ4v) is 4.04. The molecule has 0 aliphatic carbocycles. The van der Waals surface area contributed by atoms with Gasteiger partial charge in [-0.15, -0.1) is 0 Å². The van der Waals surface area contributed by atoms with E-state index in [0.29, 0.717) is 24.5 Å². The Hall–Kier alpha value is -3.84. The Bertz CT molecular complexity index is 1280. The number of rotatable bonds is 7. The van der Waals surface area contributed by atoms with Gasteiger partial charge in [-0.2, -0.15) is 0 Å². The van der Waals surface area contributed by atoms with Gasteiger partial charge in [0.1, 0.15) is 18.0 Å². The first-order chi connectivity index (χ1) is 16.6. The van der Waals surface area contributed by atoms with Crippen LogP contribution in [0, 0.1) is 6.92 Å². The summed E-state index contributed by atoms with van der Waals surface area (Å²) in [5.74, 6) is 0.502. The normalized spacial score (nSPS) is 13.7. The standard InChI is InChI=1S/C27H28N4O3/c1-20-5-10-26-29-23(18-31(26)17-20)19-34-25-4-2-3-22(15-25)27(32)28-16-21-6-8-24(9-7-21)30-11-13-33-14-12-30/h2-10,15,17-18H,11-14,16,19H2,1H3,(H,28,32). The second-order valence-corrected chi connectivity index (χ2v) is 8.47. The average Bonchev–Trinajstić information content (AvgIpc) is 3.29. The molecule has 0 bridgehead atoms. The number of imidazole rings is 1. The SMILES string of the molecule is Cc1ccc2nc(COc3cccc(C(=O)NCc4ccc(N5CCOCC5)cc4)c3)cn2c1. The number of benzene rings is 2. The largest absolute Gasteiger partial charge is 0.487 e. The van der Waals surface area contributed by atoms with Crippen molar-refractivity contribution >= 4 is 17.2 Å². The number of nitrogens with one attached hydrogen (secondary N) is 1. The van der Waals surface area contributed by atoms with Gasteiger partial charge < -0.3 is 24.1 Å². The van der Waals surface area contributed by atoms with E-state index in [2.05, 4.69) is 39.5 Å². The quantitative estimate of drug-likeness (QED) is 0.456. The zero-order valence-corrected chi connectivity index (χ0v) is 19.2. The van der Waals surface area contributed by atoms with E-state index in [4.69, 9.17) is 9.47 Å². The molecule has 1 fully saturated rings. The third-order valence-electron chi connectivity index (χ3n) is 5.90. The average molecular weight is 457 g/mol. The molecule has 2 aromatic carbocycles. The molecule has 0 unspecified atom stereocenters. The monoisotopic (exact) mass is 456 g/mol. The van der Waals surface area contributed by atoms with Crippen molar-refractivity contribution in [2.45, 2.75) is 20.1 Å². The third-order valence-corrected chi connectivity index (χ3v) is 5.90. The molecule has 34 heavy (non-hydrogen) atoms. The summed E-state index contributed by atoms with van der Waals surface area (Å²) in [4.78, 5) is 19.6. The highest BCUT2D eigenvalue weighted by Gasteiger charge is 2.12. The highest BCUT2D eigenvalue weighted by molar-refractivity contribution is 5.94. The number of aryl methyl sites for hydroxylation is 1. The van der Waals surface area contributed by atoms with Gasteiger partial charge in [0.2, 0.25) is 0 Å². The van der Waals surface area contributed by atoms with Crippen LogP contribution in [0.3, 0.4) is 0 Å². The van der Waals surface area contributed by atoms with Crippen LogP contribution in [0.2, 0.25) is 0 Å². The van der Waals surface area contributed by atoms with Crippen molar-refractivity contribution in [2.24, 2.45) is 0 Å². The van der Waals surface area contributed by atoms with Crippen LogP contribution in [0.5, 0.6) is 5.75 Å². The molecule has 1 saturated heterocycles. The van der Waals surface area contributed by atoms with Crippen molar-refractivity contribution in [3.05, 3.63) is 95.4 Å². The Morgan fingerprint density at radius 3 is 2.71 bits per heavy atom. The molecule has 1 amide bonds. The van der Waals surface area contributed by atoms with Gasteiger partial charge in [0.05, 0.1) is 18.9 Å². The summed E-state index contributed by atoms with van der Waals surface area (Å²) in [7, 11) is 0. The van der Waals surface area contributed by atoms with E-state index in [-0.39, 0.29) is 5.91 Å². The number of hydrogen-bond acceptors (Lipinski definition) is 5. The van der Waals surface area contributed by atoms with Crippen molar-refractivity contribution < 1.29 is 14.3 Å². The molecule has 1 aliphatic rings. The molecule has 3 heterocycles. The number of fused-ring (bicyclic) bond motifs is 1. The lowest BCUT2D eigenvalue weighted by molar-refractivity contribution is 0.0950. The van der Waals surface area contributed by atoms with Crippen LogP contribution in [0.4, 0.5) is 5.69 Å². The number of aromatic nitrogens is 2. The lowest BCUT2D eigenvalue weighted by atomic mass is 10.1. The fourth-order valence-electron chi connectivity index (χ4n) is 4.04. The Morgan fingerprint density at radius 1 is 1.06 bits per heavy atom. The predicted molar refractivity (Wildman–Crippen MR) is 131 cm³/mol. The van der Waals surface area contributed by atoms with E-state index in [1.807, 2.05) is 48.0 Å². The predicted octanol–water partition coefficient (Wildman–Crippen LogP) is 3.99. The van der Waals surface area contributed by atoms with Gasteiger partial charge in [-0.25, -0.2) is 4.98 Å². The fraction of sp³-hybridized carbons (Fsp3) is 0.259. The van der Waals surface area contributed by atoms with Gasteiger partial charge >= 0.3 is 0 Å². The second kappa shape index (κ2) is 9.97. The van der Waals surface area contributed by atoms with E-state index in [1.165, 1.54) is 11.3 Å². The first kappa shape index (κ1) is 22.0. The minimum atomic E-state index is -0.133. The van der Waals surface area contributed by atoms with Crippen LogP contribution in [0.25, 0.3) is 5.65 Å². The van der Waals surface area contributed by atoms with Crippen molar-refractivity contribution in [3.63, 3.8) is 0 Å². The van der Waals surface area contributed by atoms with E-state index in [0.717, 1.165) is 43.2 Å². The van der Waals surface area contributed by atoms with Crippen molar-refractivity contribution in [3.8, 4) is 5.75 Å². The van der Waals surface area contributed by atoms with Crippen molar-refractivity contribution in [2.75, 3.05) is 31.2 Å². The number of amides is 1. The van der Waals surface area contributed by atoms with Crippen LogP contribution >= 0.6 is 0 Å². The van der Waals surface area contributed by atoms with Crippen LogP contribution < -0.4 is 15.0 Å². The smallest absolute Gasteiger partial charge is 0.251 e. The Kier molecular flexibility index (Phi) is 6.44. The highest BCUT2D eigenvalue weighted by atomic mass is 16.5. The molecule has 7 nitrogen and oxygen atoms in total. The van der Waals surface area contributed by atoms with Crippen LogP contribution in [-0.4, -0.2) is 41.6 Å². The maximum absolute atomic E-state index is 12.7. The molecule has 1 N–H and O–H groups in total. The molecule has 4 aromatic rings. The summed E-state index contributed by atoms with van der Waals surface area (Å²) in [5, 5.41) is 2.99. The van der Waals surface area contributed by atoms with Gasteiger partial charge in [0, 0.05) is 43.3 Å². The van der Waals surface area contributed by atoms with Crippen LogP contribution in [0.15, 0.2) is 73.1 Å². The number of carbonyl (C=O) groups excluding carboxylic acids is 1. The van der Waals surface area contributed by atoms with Gasteiger partial charge in [0.25, 0.3) is 5.91 Å². The molecular formula is C27H28N4O3. The van der Waals surface area contributed by atoms with E-state index in [9.17, 15) is 4.79 Å². The number of ether oxygens (including phenoxy) is 2. The molecule has 1 aliphatic heterocycles. The van der Waals surface area contributed by atoms with E-state index < -0.39 is 0 Å². The summed E-state index contributed by atoms with van der Waals surface area (Å²) < 4.78 is 13.3. The Labute approximate surface area is 198 Å².